The lowest BCUT2D eigenvalue weighted by atomic mass is 10.0. The summed E-state index contributed by atoms with van der Waals surface area (Å²) >= 11 is 3.56. The van der Waals surface area contributed by atoms with E-state index in [0.717, 1.165) is 24.9 Å². The third-order valence-corrected chi connectivity index (χ3v) is 3.26. The van der Waals surface area contributed by atoms with Crippen molar-refractivity contribution in [3.8, 4) is 0 Å². The average Bonchev–Trinajstić information content (AvgIpc) is 2.37. The minimum Gasteiger partial charge on any atom is -0.326 e. The Balaban J connectivity index is 2.32. The van der Waals surface area contributed by atoms with Crippen LogP contribution in [0.2, 0.25) is 0 Å². The molecular formula is C13H14BrNO. The summed E-state index contributed by atoms with van der Waals surface area (Å²) in [6.07, 6.45) is 5.46. The standard InChI is InChI=1S/C13H14BrNO/c1-9(16)15-13-6-5-11-7-12(14)4-2-3-10(11)8-13/h5-8H,2-4H2,1H3,(H,15,16). The van der Waals surface area contributed by atoms with Crippen molar-refractivity contribution in [1.82, 2.24) is 0 Å². The van der Waals surface area contributed by atoms with Crippen LogP contribution in [0.3, 0.4) is 0 Å². The molecule has 1 aromatic rings. The van der Waals surface area contributed by atoms with Crippen molar-refractivity contribution in [2.75, 3.05) is 5.32 Å². The summed E-state index contributed by atoms with van der Waals surface area (Å²) in [7, 11) is 0. The van der Waals surface area contributed by atoms with E-state index < -0.39 is 0 Å². The van der Waals surface area contributed by atoms with Gasteiger partial charge in [0.1, 0.15) is 0 Å². The Labute approximate surface area is 104 Å². The van der Waals surface area contributed by atoms with Gasteiger partial charge in [0.2, 0.25) is 5.91 Å². The third kappa shape index (κ3) is 2.73. The van der Waals surface area contributed by atoms with Crippen molar-refractivity contribution >= 4 is 33.6 Å². The van der Waals surface area contributed by atoms with Crippen LogP contribution < -0.4 is 5.32 Å². The van der Waals surface area contributed by atoms with Crippen LogP contribution in [0.25, 0.3) is 6.08 Å². The van der Waals surface area contributed by atoms with Gasteiger partial charge < -0.3 is 5.32 Å². The van der Waals surface area contributed by atoms with E-state index in [-0.39, 0.29) is 5.91 Å². The number of fused-ring (bicyclic) bond motifs is 1. The number of hydrogen-bond acceptors (Lipinski definition) is 1. The van der Waals surface area contributed by atoms with Gasteiger partial charge in [0, 0.05) is 12.6 Å². The molecular weight excluding hydrogens is 266 g/mol. The van der Waals surface area contributed by atoms with E-state index >= 15 is 0 Å². The fraction of sp³-hybridized carbons (Fsp3) is 0.308. The number of allylic oxidation sites excluding steroid dienone is 1. The van der Waals surface area contributed by atoms with Crippen molar-refractivity contribution in [3.05, 3.63) is 33.8 Å². The van der Waals surface area contributed by atoms with Crippen molar-refractivity contribution in [2.45, 2.75) is 26.2 Å². The fourth-order valence-electron chi connectivity index (χ4n) is 1.93. The molecule has 2 nitrogen and oxygen atoms in total. The van der Waals surface area contributed by atoms with Gasteiger partial charge in [0.25, 0.3) is 0 Å². The van der Waals surface area contributed by atoms with E-state index in [0.29, 0.717) is 0 Å². The zero-order valence-electron chi connectivity index (χ0n) is 9.22. The molecule has 0 bridgehead atoms. The van der Waals surface area contributed by atoms with Crippen LogP contribution in [0.1, 0.15) is 30.9 Å². The monoisotopic (exact) mass is 279 g/mol. The Kier molecular flexibility index (Phi) is 3.44. The van der Waals surface area contributed by atoms with Crippen LogP contribution in [-0.2, 0) is 11.2 Å². The van der Waals surface area contributed by atoms with Gasteiger partial charge in [-0.2, -0.15) is 0 Å². The summed E-state index contributed by atoms with van der Waals surface area (Å²) in [6, 6.07) is 6.08. The van der Waals surface area contributed by atoms with Crippen LogP contribution in [0, 0.1) is 0 Å². The number of rotatable bonds is 1. The van der Waals surface area contributed by atoms with E-state index in [2.05, 4.69) is 39.5 Å². The molecule has 0 saturated carbocycles. The van der Waals surface area contributed by atoms with Crippen LogP contribution >= 0.6 is 15.9 Å². The number of nitrogens with one attached hydrogen (secondary N) is 1. The molecule has 3 heteroatoms. The van der Waals surface area contributed by atoms with Crippen LogP contribution in [-0.4, -0.2) is 5.91 Å². The molecule has 1 aromatic carbocycles. The Hall–Kier alpha value is -1.09. The molecule has 84 valence electrons. The quantitative estimate of drug-likeness (QED) is 0.834. The summed E-state index contributed by atoms with van der Waals surface area (Å²) in [5, 5.41) is 2.82. The smallest absolute Gasteiger partial charge is 0.221 e. The molecule has 0 aromatic heterocycles. The lowest BCUT2D eigenvalue weighted by Gasteiger charge is -2.07. The van der Waals surface area contributed by atoms with E-state index in [1.807, 2.05) is 6.07 Å². The molecule has 0 aliphatic heterocycles. The predicted molar refractivity (Wildman–Crippen MR) is 70.6 cm³/mol. The normalized spacial score (nSPS) is 14.8. The maximum atomic E-state index is 11.0. The fourth-order valence-corrected chi connectivity index (χ4v) is 2.46. The van der Waals surface area contributed by atoms with Crippen molar-refractivity contribution in [2.24, 2.45) is 0 Å². The molecule has 0 atom stereocenters. The number of aryl methyl sites for hydroxylation is 1. The second-order valence-corrected chi connectivity index (χ2v) is 5.06. The first-order chi connectivity index (χ1) is 7.65. The SMILES string of the molecule is CC(=O)Nc1ccc2c(c1)CCCC(Br)=C2. The van der Waals surface area contributed by atoms with Gasteiger partial charge in [-0.3, -0.25) is 4.79 Å². The first kappa shape index (κ1) is 11.4. The zero-order valence-corrected chi connectivity index (χ0v) is 10.8. The number of carbonyl (C=O) groups is 1. The number of amides is 1. The van der Waals surface area contributed by atoms with Gasteiger partial charge in [-0.1, -0.05) is 22.0 Å². The molecule has 1 aliphatic carbocycles. The topological polar surface area (TPSA) is 29.1 Å². The largest absolute Gasteiger partial charge is 0.326 e. The van der Waals surface area contributed by atoms with E-state index in [9.17, 15) is 4.79 Å². The molecule has 0 heterocycles. The number of benzene rings is 1. The van der Waals surface area contributed by atoms with Gasteiger partial charge in [0.05, 0.1) is 0 Å². The van der Waals surface area contributed by atoms with Crippen LogP contribution in [0.15, 0.2) is 22.7 Å². The Morgan fingerprint density at radius 1 is 1.38 bits per heavy atom. The Morgan fingerprint density at radius 2 is 2.19 bits per heavy atom. The van der Waals surface area contributed by atoms with Gasteiger partial charge in [0.15, 0.2) is 0 Å². The summed E-state index contributed by atoms with van der Waals surface area (Å²) in [5.74, 6) is -0.0229. The first-order valence-electron chi connectivity index (χ1n) is 5.42. The Bertz CT molecular complexity index is 451. The average molecular weight is 280 g/mol. The van der Waals surface area contributed by atoms with E-state index in [1.54, 1.807) is 0 Å². The molecule has 2 rings (SSSR count). The molecule has 1 amide bonds. The molecule has 0 radical (unpaired) electrons. The number of halogens is 1. The predicted octanol–water partition coefficient (Wildman–Crippen LogP) is 3.72. The minimum atomic E-state index is -0.0229. The number of hydrogen-bond donors (Lipinski definition) is 1. The number of anilines is 1. The maximum Gasteiger partial charge on any atom is 0.221 e. The van der Waals surface area contributed by atoms with Gasteiger partial charge in [-0.15, -0.1) is 0 Å². The highest BCUT2D eigenvalue weighted by Crippen LogP contribution is 2.28. The number of carbonyl (C=O) groups excluding carboxylic acids is 1. The third-order valence-electron chi connectivity index (χ3n) is 2.64. The highest BCUT2D eigenvalue weighted by Gasteiger charge is 2.08. The zero-order chi connectivity index (χ0) is 11.5. The minimum absolute atomic E-state index is 0.0229. The second kappa shape index (κ2) is 4.83. The molecule has 0 unspecified atom stereocenters. The van der Waals surface area contributed by atoms with Crippen LogP contribution in [0.4, 0.5) is 5.69 Å². The molecule has 0 spiro atoms. The van der Waals surface area contributed by atoms with Gasteiger partial charge >= 0.3 is 0 Å². The van der Waals surface area contributed by atoms with Crippen molar-refractivity contribution in [1.29, 1.82) is 0 Å². The Morgan fingerprint density at radius 3 is 2.94 bits per heavy atom. The van der Waals surface area contributed by atoms with E-state index in [4.69, 9.17) is 0 Å². The second-order valence-electron chi connectivity index (χ2n) is 4.04. The summed E-state index contributed by atoms with van der Waals surface area (Å²) < 4.78 is 1.25. The lowest BCUT2D eigenvalue weighted by molar-refractivity contribution is -0.114. The van der Waals surface area contributed by atoms with Crippen LogP contribution in [0.5, 0.6) is 0 Å². The molecule has 1 N–H and O–H groups in total. The highest BCUT2D eigenvalue weighted by molar-refractivity contribution is 9.11. The highest BCUT2D eigenvalue weighted by atomic mass is 79.9. The summed E-state index contributed by atoms with van der Waals surface area (Å²) in [6.45, 7) is 1.53. The van der Waals surface area contributed by atoms with Gasteiger partial charge in [-0.05, 0) is 53.1 Å². The first-order valence-corrected chi connectivity index (χ1v) is 6.21. The molecule has 0 fully saturated rings. The van der Waals surface area contributed by atoms with E-state index in [1.165, 1.54) is 22.5 Å². The summed E-state index contributed by atoms with van der Waals surface area (Å²) in [5.41, 5.74) is 3.44. The maximum absolute atomic E-state index is 11.0. The van der Waals surface area contributed by atoms with Crippen molar-refractivity contribution in [3.63, 3.8) is 0 Å². The summed E-state index contributed by atoms with van der Waals surface area (Å²) in [4.78, 5) is 11.0. The van der Waals surface area contributed by atoms with Crippen molar-refractivity contribution < 1.29 is 4.79 Å². The molecule has 0 saturated heterocycles. The molecule has 1 aliphatic rings. The lowest BCUT2D eigenvalue weighted by Crippen LogP contribution is -2.06. The molecule has 16 heavy (non-hydrogen) atoms. The van der Waals surface area contributed by atoms with Gasteiger partial charge in [-0.25, -0.2) is 0 Å².